The Morgan fingerprint density at radius 2 is 1.45 bits per heavy atom. The van der Waals surface area contributed by atoms with Crippen LogP contribution >= 0.6 is 22.6 Å². The van der Waals surface area contributed by atoms with Crippen molar-refractivity contribution >= 4 is 22.6 Å². The van der Waals surface area contributed by atoms with E-state index in [0.717, 1.165) is 19.0 Å². The Balaban J connectivity index is 1.55. The third-order valence-electron chi connectivity index (χ3n) is 3.64. The second kappa shape index (κ2) is 9.15. The Hall–Kier alpha value is -0.850. The smallest absolute Gasteiger partial charge is 0.0945 e. The molecular weight excluding hydrogens is 363 g/mol. The summed E-state index contributed by atoms with van der Waals surface area (Å²) in [6.07, 6.45) is 18.1. The first-order chi connectivity index (χ1) is 9.88. The fraction of sp³-hybridized carbons (Fsp3) is 0.600. The quantitative estimate of drug-likeness (QED) is 0.354. The first-order valence-electron chi connectivity index (χ1n) is 7.36. The fourth-order valence-corrected chi connectivity index (χ4v) is 3.31. The molecule has 4 nitrogen and oxygen atoms in total. The summed E-state index contributed by atoms with van der Waals surface area (Å²) in [5.74, 6) is 0.863. The van der Waals surface area contributed by atoms with Crippen LogP contribution in [0.3, 0.4) is 0 Å². The highest BCUT2D eigenvalue weighted by molar-refractivity contribution is 14.1. The molecule has 0 aliphatic heterocycles. The first kappa shape index (κ1) is 15.5. The van der Waals surface area contributed by atoms with Gasteiger partial charge in [-0.1, -0.05) is 29.0 Å². The number of imidazole rings is 2. The first-order valence-corrected chi connectivity index (χ1v) is 8.88. The number of aromatic nitrogens is 4. The molecule has 0 saturated heterocycles. The number of hydrogen-bond acceptors (Lipinski definition) is 2. The largest absolute Gasteiger partial charge is 0.337 e. The molecule has 5 heteroatoms. The van der Waals surface area contributed by atoms with Crippen LogP contribution in [0.2, 0.25) is 0 Å². The SMILES string of the molecule is ICC(CCCCn1ccnc1)CCCn1ccnc1. The van der Waals surface area contributed by atoms with Gasteiger partial charge in [-0.05, 0) is 31.6 Å². The molecule has 0 saturated carbocycles. The molecule has 0 N–H and O–H groups in total. The summed E-state index contributed by atoms with van der Waals surface area (Å²) in [6, 6.07) is 0. The van der Waals surface area contributed by atoms with E-state index >= 15 is 0 Å². The minimum absolute atomic E-state index is 0.863. The van der Waals surface area contributed by atoms with Crippen LogP contribution in [0.25, 0.3) is 0 Å². The number of unbranched alkanes of at least 4 members (excludes halogenated alkanes) is 1. The summed E-state index contributed by atoms with van der Waals surface area (Å²) in [5.41, 5.74) is 0. The average molecular weight is 386 g/mol. The van der Waals surface area contributed by atoms with Crippen molar-refractivity contribution in [3.05, 3.63) is 37.4 Å². The molecule has 0 fully saturated rings. The van der Waals surface area contributed by atoms with Crippen LogP contribution in [0.1, 0.15) is 32.1 Å². The van der Waals surface area contributed by atoms with Gasteiger partial charge in [-0.25, -0.2) is 9.97 Å². The second-order valence-electron chi connectivity index (χ2n) is 5.26. The van der Waals surface area contributed by atoms with E-state index in [0.29, 0.717) is 0 Å². The van der Waals surface area contributed by atoms with Gasteiger partial charge in [0, 0.05) is 42.3 Å². The molecular formula is C15H23IN4. The van der Waals surface area contributed by atoms with Crippen molar-refractivity contribution in [1.29, 1.82) is 0 Å². The summed E-state index contributed by atoms with van der Waals surface area (Å²) in [5, 5.41) is 0. The zero-order chi connectivity index (χ0) is 14.0. The Labute approximate surface area is 134 Å². The molecule has 2 heterocycles. The van der Waals surface area contributed by atoms with Gasteiger partial charge in [0.1, 0.15) is 0 Å². The molecule has 2 aromatic rings. The van der Waals surface area contributed by atoms with Gasteiger partial charge < -0.3 is 9.13 Å². The predicted octanol–water partition coefficient (Wildman–Crippen LogP) is 3.78. The van der Waals surface area contributed by atoms with Crippen molar-refractivity contribution in [2.45, 2.75) is 45.2 Å². The minimum atomic E-state index is 0.863. The molecule has 0 aliphatic carbocycles. The van der Waals surface area contributed by atoms with Gasteiger partial charge in [-0.2, -0.15) is 0 Å². The monoisotopic (exact) mass is 386 g/mol. The van der Waals surface area contributed by atoms with Gasteiger partial charge in [-0.3, -0.25) is 0 Å². The number of alkyl halides is 1. The summed E-state index contributed by atoms with van der Waals surface area (Å²) in [4.78, 5) is 8.15. The van der Waals surface area contributed by atoms with E-state index in [1.165, 1.54) is 36.5 Å². The van der Waals surface area contributed by atoms with Gasteiger partial charge in [0.05, 0.1) is 12.7 Å². The number of aryl methyl sites for hydroxylation is 2. The lowest BCUT2D eigenvalue weighted by Gasteiger charge is -2.14. The zero-order valence-electron chi connectivity index (χ0n) is 11.9. The predicted molar refractivity (Wildman–Crippen MR) is 89.9 cm³/mol. The molecule has 2 aromatic heterocycles. The molecule has 0 spiro atoms. The molecule has 0 radical (unpaired) electrons. The standard InChI is InChI=1S/C15H23IN4/c16-12-15(5-3-9-20-11-7-18-14-20)4-1-2-8-19-10-6-17-13-19/h6-7,10-11,13-15H,1-5,8-9,12H2. The van der Waals surface area contributed by atoms with Crippen molar-refractivity contribution in [2.75, 3.05) is 4.43 Å². The maximum absolute atomic E-state index is 4.08. The van der Waals surface area contributed by atoms with Crippen LogP contribution in [-0.2, 0) is 13.1 Å². The summed E-state index contributed by atoms with van der Waals surface area (Å²) in [6.45, 7) is 2.20. The van der Waals surface area contributed by atoms with Crippen molar-refractivity contribution in [1.82, 2.24) is 19.1 Å². The van der Waals surface area contributed by atoms with Gasteiger partial charge in [0.15, 0.2) is 0 Å². The minimum Gasteiger partial charge on any atom is -0.337 e. The number of nitrogens with zero attached hydrogens (tertiary/aromatic N) is 4. The number of rotatable bonds is 10. The third-order valence-corrected chi connectivity index (χ3v) is 4.89. The average Bonchev–Trinajstić information content (AvgIpc) is 3.14. The number of halogens is 1. The second-order valence-corrected chi connectivity index (χ2v) is 6.14. The van der Waals surface area contributed by atoms with Crippen LogP contribution in [-0.4, -0.2) is 23.5 Å². The lowest BCUT2D eigenvalue weighted by atomic mass is 9.99. The fourth-order valence-electron chi connectivity index (χ4n) is 2.43. The Morgan fingerprint density at radius 1 is 0.850 bits per heavy atom. The number of hydrogen-bond donors (Lipinski definition) is 0. The molecule has 20 heavy (non-hydrogen) atoms. The Bertz CT molecular complexity index is 438. The van der Waals surface area contributed by atoms with E-state index in [4.69, 9.17) is 0 Å². The van der Waals surface area contributed by atoms with E-state index in [-0.39, 0.29) is 0 Å². The van der Waals surface area contributed by atoms with Crippen molar-refractivity contribution in [3.63, 3.8) is 0 Å². The van der Waals surface area contributed by atoms with E-state index in [2.05, 4.69) is 41.7 Å². The van der Waals surface area contributed by atoms with E-state index in [9.17, 15) is 0 Å². The molecule has 2 rings (SSSR count). The molecule has 0 aliphatic rings. The Kier molecular flexibility index (Phi) is 7.11. The molecule has 110 valence electrons. The van der Waals surface area contributed by atoms with Gasteiger partial charge in [0.25, 0.3) is 0 Å². The summed E-state index contributed by atoms with van der Waals surface area (Å²) in [7, 11) is 0. The van der Waals surface area contributed by atoms with Crippen molar-refractivity contribution in [2.24, 2.45) is 5.92 Å². The van der Waals surface area contributed by atoms with E-state index < -0.39 is 0 Å². The molecule has 0 amide bonds. The molecule has 0 aromatic carbocycles. The normalized spacial score (nSPS) is 12.7. The lowest BCUT2D eigenvalue weighted by molar-refractivity contribution is 0.436. The maximum atomic E-state index is 4.08. The van der Waals surface area contributed by atoms with E-state index in [1.54, 1.807) is 0 Å². The highest BCUT2D eigenvalue weighted by Crippen LogP contribution is 2.18. The topological polar surface area (TPSA) is 35.6 Å². The maximum Gasteiger partial charge on any atom is 0.0945 e. The lowest BCUT2D eigenvalue weighted by Crippen LogP contribution is -2.05. The van der Waals surface area contributed by atoms with Gasteiger partial charge in [0.2, 0.25) is 0 Å². The molecule has 0 bridgehead atoms. The van der Waals surface area contributed by atoms with Crippen LogP contribution in [0.5, 0.6) is 0 Å². The third kappa shape index (κ3) is 5.64. The highest BCUT2D eigenvalue weighted by Gasteiger charge is 2.07. The zero-order valence-corrected chi connectivity index (χ0v) is 14.0. The molecule has 1 atom stereocenters. The van der Waals surface area contributed by atoms with Gasteiger partial charge >= 0.3 is 0 Å². The molecule has 1 unspecified atom stereocenters. The van der Waals surface area contributed by atoms with Crippen LogP contribution in [0.4, 0.5) is 0 Å². The van der Waals surface area contributed by atoms with Crippen molar-refractivity contribution in [3.8, 4) is 0 Å². The van der Waals surface area contributed by atoms with Crippen molar-refractivity contribution < 1.29 is 0 Å². The Morgan fingerprint density at radius 3 is 2.00 bits per heavy atom. The van der Waals surface area contributed by atoms with Crippen LogP contribution in [0.15, 0.2) is 37.4 Å². The van der Waals surface area contributed by atoms with Crippen LogP contribution in [0, 0.1) is 5.92 Å². The summed E-state index contributed by atoms with van der Waals surface area (Å²) >= 11 is 2.53. The van der Waals surface area contributed by atoms with Crippen LogP contribution < -0.4 is 0 Å². The summed E-state index contributed by atoms with van der Waals surface area (Å²) < 4.78 is 5.61. The van der Waals surface area contributed by atoms with E-state index in [1.807, 2.05) is 37.4 Å². The highest BCUT2D eigenvalue weighted by atomic mass is 127. The van der Waals surface area contributed by atoms with Gasteiger partial charge in [-0.15, -0.1) is 0 Å².